The number of ether oxygens (including phenoxy) is 2. The predicted octanol–water partition coefficient (Wildman–Crippen LogP) is 2.06. The number of anilines is 1. The minimum Gasteiger partial charge on any atom is -0.493 e. The number of piperidine rings is 1. The van der Waals surface area contributed by atoms with Gasteiger partial charge in [0, 0.05) is 31.3 Å². The van der Waals surface area contributed by atoms with E-state index in [1.165, 1.54) is 0 Å². The van der Waals surface area contributed by atoms with Gasteiger partial charge in [0.1, 0.15) is 0 Å². The number of aliphatic imine (C=N–C) groups is 1. The Hall–Kier alpha value is -2.48. The van der Waals surface area contributed by atoms with Gasteiger partial charge in [0.2, 0.25) is 5.91 Å². The van der Waals surface area contributed by atoms with Gasteiger partial charge in [-0.3, -0.25) is 9.79 Å². The van der Waals surface area contributed by atoms with Crippen LogP contribution in [0, 0.1) is 5.92 Å². The molecule has 0 saturated carbocycles. The number of benzene rings is 1. The summed E-state index contributed by atoms with van der Waals surface area (Å²) in [5.74, 6) is 2.04. The molecule has 8 nitrogen and oxygen atoms in total. The van der Waals surface area contributed by atoms with E-state index in [0.717, 1.165) is 63.5 Å². The molecule has 1 aliphatic rings. The minimum atomic E-state index is -0.155. The van der Waals surface area contributed by atoms with Crippen molar-refractivity contribution in [3.05, 3.63) is 18.2 Å². The van der Waals surface area contributed by atoms with Crippen molar-refractivity contribution in [3.8, 4) is 11.5 Å². The lowest BCUT2D eigenvalue weighted by Gasteiger charge is -2.30. The summed E-state index contributed by atoms with van der Waals surface area (Å²) >= 11 is 0. The van der Waals surface area contributed by atoms with Gasteiger partial charge in [0.15, 0.2) is 17.5 Å². The number of unbranched alkanes of at least 4 members (excludes halogenated alkanes) is 1. The Labute approximate surface area is 173 Å². The van der Waals surface area contributed by atoms with Gasteiger partial charge in [-0.15, -0.1) is 0 Å². The number of hydrogen-bond acceptors (Lipinski definition) is 5. The summed E-state index contributed by atoms with van der Waals surface area (Å²) in [6, 6.07) is 5.72. The molecule has 4 N–H and O–H groups in total. The number of hydrogen-bond donors (Lipinski definition) is 3. The van der Waals surface area contributed by atoms with Crippen LogP contribution in [0.25, 0.3) is 0 Å². The largest absolute Gasteiger partial charge is 0.493 e. The molecule has 1 aliphatic heterocycles. The molecule has 0 radical (unpaired) electrons. The molecule has 0 atom stereocenters. The topological polar surface area (TPSA) is 101 Å². The molecule has 0 aliphatic carbocycles. The number of likely N-dealkylation sites (tertiary alicyclic amines) is 1. The Morgan fingerprint density at radius 1 is 1.28 bits per heavy atom. The molecule has 0 bridgehead atoms. The number of nitrogens with one attached hydrogen (secondary N) is 2. The quantitative estimate of drug-likeness (QED) is 0.313. The average Bonchev–Trinajstić information content (AvgIpc) is 2.73. The van der Waals surface area contributed by atoms with Crippen LogP contribution in [-0.2, 0) is 4.79 Å². The SMILES string of the molecule is CCOc1cc(NC(=NC)NCCCCN2CCC(C(N)=O)CC2)ccc1OC. The Balaban J connectivity index is 1.69. The normalized spacial score (nSPS) is 15.8. The standard InChI is InChI=1S/C21H35N5O3/c1-4-29-19-15-17(7-8-18(19)28-3)25-21(23-2)24-11-5-6-12-26-13-9-16(10-14-26)20(22)27/h7-8,15-16H,4-6,9-14H2,1-3H3,(H2,22,27)(H2,23,24,25). The average molecular weight is 406 g/mol. The zero-order valence-corrected chi connectivity index (χ0v) is 17.9. The fourth-order valence-corrected chi connectivity index (χ4v) is 3.45. The van der Waals surface area contributed by atoms with Gasteiger partial charge < -0.3 is 30.7 Å². The van der Waals surface area contributed by atoms with Gasteiger partial charge in [0.05, 0.1) is 13.7 Å². The van der Waals surface area contributed by atoms with Crippen molar-refractivity contribution in [1.82, 2.24) is 10.2 Å². The molecule has 1 fully saturated rings. The molecule has 0 unspecified atom stereocenters. The molecule has 1 heterocycles. The molecular weight excluding hydrogens is 370 g/mol. The Bertz CT molecular complexity index is 672. The van der Waals surface area contributed by atoms with Gasteiger partial charge >= 0.3 is 0 Å². The van der Waals surface area contributed by atoms with E-state index in [1.807, 2.05) is 25.1 Å². The molecule has 29 heavy (non-hydrogen) atoms. The highest BCUT2D eigenvalue weighted by atomic mass is 16.5. The first-order chi connectivity index (χ1) is 14.1. The number of primary amides is 1. The second kappa shape index (κ2) is 12.2. The number of amides is 1. The van der Waals surface area contributed by atoms with Crippen molar-refractivity contribution in [1.29, 1.82) is 0 Å². The van der Waals surface area contributed by atoms with Crippen LogP contribution in [0.1, 0.15) is 32.6 Å². The fourth-order valence-electron chi connectivity index (χ4n) is 3.45. The monoisotopic (exact) mass is 405 g/mol. The van der Waals surface area contributed by atoms with Gasteiger partial charge in [-0.2, -0.15) is 0 Å². The molecule has 1 amide bonds. The van der Waals surface area contributed by atoms with Crippen LogP contribution >= 0.6 is 0 Å². The van der Waals surface area contributed by atoms with Crippen molar-refractivity contribution in [2.45, 2.75) is 32.6 Å². The highest BCUT2D eigenvalue weighted by Crippen LogP contribution is 2.30. The first kappa shape index (κ1) is 22.8. The molecule has 162 valence electrons. The van der Waals surface area contributed by atoms with Crippen LogP contribution in [0.2, 0.25) is 0 Å². The number of nitrogens with zero attached hydrogens (tertiary/aromatic N) is 2. The Morgan fingerprint density at radius 2 is 2.03 bits per heavy atom. The molecular formula is C21H35N5O3. The van der Waals surface area contributed by atoms with Gasteiger partial charge in [0.25, 0.3) is 0 Å². The second-order valence-electron chi connectivity index (χ2n) is 7.15. The van der Waals surface area contributed by atoms with E-state index in [-0.39, 0.29) is 11.8 Å². The number of carbonyl (C=O) groups excluding carboxylic acids is 1. The van der Waals surface area contributed by atoms with Crippen LogP contribution in [0.15, 0.2) is 23.2 Å². The maximum atomic E-state index is 11.2. The lowest BCUT2D eigenvalue weighted by atomic mass is 9.96. The molecule has 0 spiro atoms. The highest BCUT2D eigenvalue weighted by Gasteiger charge is 2.22. The number of methoxy groups -OCH3 is 1. The Kier molecular flexibility index (Phi) is 9.56. The zero-order chi connectivity index (χ0) is 21.1. The van der Waals surface area contributed by atoms with Gasteiger partial charge in [-0.05, 0) is 64.4 Å². The van der Waals surface area contributed by atoms with Gasteiger partial charge in [-0.1, -0.05) is 0 Å². The van der Waals surface area contributed by atoms with Crippen LogP contribution in [0.5, 0.6) is 11.5 Å². The Morgan fingerprint density at radius 3 is 2.66 bits per heavy atom. The number of rotatable bonds is 10. The van der Waals surface area contributed by atoms with Crippen molar-refractivity contribution in [2.24, 2.45) is 16.6 Å². The van der Waals surface area contributed by atoms with Crippen LogP contribution in [0.3, 0.4) is 0 Å². The maximum Gasteiger partial charge on any atom is 0.220 e. The van der Waals surface area contributed by atoms with Crippen molar-refractivity contribution in [3.63, 3.8) is 0 Å². The van der Waals surface area contributed by atoms with E-state index < -0.39 is 0 Å². The molecule has 2 rings (SSSR count). The third-order valence-corrected chi connectivity index (χ3v) is 5.13. The van der Waals surface area contributed by atoms with E-state index in [1.54, 1.807) is 14.2 Å². The summed E-state index contributed by atoms with van der Waals surface area (Å²) in [6.45, 7) is 6.34. The molecule has 1 aromatic carbocycles. The molecule has 1 saturated heterocycles. The number of carbonyl (C=O) groups is 1. The molecule has 0 aromatic heterocycles. The number of nitrogens with two attached hydrogens (primary N) is 1. The first-order valence-electron chi connectivity index (χ1n) is 10.4. The third-order valence-electron chi connectivity index (χ3n) is 5.13. The summed E-state index contributed by atoms with van der Waals surface area (Å²) in [7, 11) is 3.39. The van der Waals surface area contributed by atoms with E-state index in [4.69, 9.17) is 15.2 Å². The lowest BCUT2D eigenvalue weighted by Crippen LogP contribution is -2.39. The van der Waals surface area contributed by atoms with Gasteiger partial charge in [-0.25, -0.2) is 0 Å². The molecule has 8 heteroatoms. The lowest BCUT2D eigenvalue weighted by molar-refractivity contribution is -0.123. The zero-order valence-electron chi connectivity index (χ0n) is 17.9. The molecule has 1 aromatic rings. The summed E-state index contributed by atoms with van der Waals surface area (Å²) in [4.78, 5) is 17.9. The summed E-state index contributed by atoms with van der Waals surface area (Å²) < 4.78 is 10.9. The minimum absolute atomic E-state index is 0.0588. The van der Waals surface area contributed by atoms with Crippen molar-refractivity contribution < 1.29 is 14.3 Å². The van der Waals surface area contributed by atoms with E-state index in [2.05, 4.69) is 20.5 Å². The highest BCUT2D eigenvalue weighted by molar-refractivity contribution is 5.93. The van der Waals surface area contributed by atoms with Crippen molar-refractivity contribution >= 4 is 17.6 Å². The van der Waals surface area contributed by atoms with E-state index >= 15 is 0 Å². The van der Waals surface area contributed by atoms with Crippen LogP contribution in [-0.4, -0.2) is 63.7 Å². The summed E-state index contributed by atoms with van der Waals surface area (Å²) in [5, 5.41) is 6.63. The number of guanidine groups is 1. The van der Waals surface area contributed by atoms with Crippen molar-refractivity contribution in [2.75, 3.05) is 52.3 Å². The summed E-state index contributed by atoms with van der Waals surface area (Å²) in [6.07, 6.45) is 3.91. The third kappa shape index (κ3) is 7.45. The van der Waals surface area contributed by atoms with E-state index in [0.29, 0.717) is 18.1 Å². The van der Waals surface area contributed by atoms with Crippen LogP contribution in [0.4, 0.5) is 5.69 Å². The summed E-state index contributed by atoms with van der Waals surface area (Å²) in [5.41, 5.74) is 6.28. The predicted molar refractivity (Wildman–Crippen MR) is 117 cm³/mol. The van der Waals surface area contributed by atoms with Crippen LogP contribution < -0.4 is 25.8 Å². The first-order valence-corrected chi connectivity index (χ1v) is 10.4. The van der Waals surface area contributed by atoms with E-state index in [9.17, 15) is 4.79 Å². The second-order valence-corrected chi connectivity index (χ2v) is 7.15. The smallest absolute Gasteiger partial charge is 0.220 e. The fraction of sp³-hybridized carbons (Fsp3) is 0.619. The maximum absolute atomic E-state index is 11.2.